The summed E-state index contributed by atoms with van der Waals surface area (Å²) in [7, 11) is 0. The van der Waals surface area contributed by atoms with E-state index in [0.29, 0.717) is 16.1 Å². The number of carbonyl (C=O) groups excluding carboxylic acids is 2. The van der Waals surface area contributed by atoms with Gasteiger partial charge in [-0.2, -0.15) is 5.26 Å². The Balaban J connectivity index is 1.61. The molecule has 0 aliphatic heterocycles. The molecule has 1 heterocycles. The van der Waals surface area contributed by atoms with Gasteiger partial charge in [0, 0.05) is 10.6 Å². The molecule has 0 fully saturated rings. The quantitative estimate of drug-likeness (QED) is 0.850. The molecule has 0 spiro atoms. The van der Waals surface area contributed by atoms with E-state index in [2.05, 4.69) is 5.32 Å². The molecule has 3 rings (SSSR count). The van der Waals surface area contributed by atoms with E-state index in [0.717, 1.165) is 25.7 Å². The molecule has 1 aliphatic rings. The minimum absolute atomic E-state index is 0.426. The number of carbonyl (C=O) groups is 2. The molecule has 1 aromatic heterocycles. The first kappa shape index (κ1) is 17.2. The lowest BCUT2D eigenvalue weighted by atomic mass is 9.99. The van der Waals surface area contributed by atoms with Crippen LogP contribution in [-0.2, 0) is 22.4 Å². The van der Waals surface area contributed by atoms with Gasteiger partial charge in [-0.15, -0.1) is 11.3 Å². The van der Waals surface area contributed by atoms with Gasteiger partial charge in [0.1, 0.15) is 4.88 Å². The molecule has 0 saturated heterocycles. The van der Waals surface area contributed by atoms with Gasteiger partial charge < -0.3 is 10.1 Å². The molecule has 1 atom stereocenters. The fourth-order valence-electron chi connectivity index (χ4n) is 2.77. The van der Waals surface area contributed by atoms with Crippen LogP contribution >= 0.6 is 11.3 Å². The van der Waals surface area contributed by atoms with E-state index < -0.39 is 18.0 Å². The minimum atomic E-state index is -0.919. The van der Waals surface area contributed by atoms with Gasteiger partial charge in [-0.3, -0.25) is 4.79 Å². The van der Waals surface area contributed by atoms with E-state index >= 15 is 0 Å². The normalized spacial score (nSPS) is 14.1. The number of amides is 1. The lowest BCUT2D eigenvalue weighted by Gasteiger charge is -2.13. The molecule has 1 unspecified atom stereocenters. The first-order valence-corrected chi connectivity index (χ1v) is 9.02. The average molecular weight is 354 g/mol. The van der Waals surface area contributed by atoms with Crippen LogP contribution in [0.5, 0.6) is 0 Å². The van der Waals surface area contributed by atoms with E-state index in [1.165, 1.54) is 28.7 Å². The van der Waals surface area contributed by atoms with Gasteiger partial charge >= 0.3 is 5.97 Å². The summed E-state index contributed by atoms with van der Waals surface area (Å²) in [6.07, 6.45) is 3.40. The Hall–Kier alpha value is -2.65. The van der Waals surface area contributed by atoms with Crippen LogP contribution in [0, 0.1) is 11.3 Å². The van der Waals surface area contributed by atoms with Crippen LogP contribution in [0.3, 0.4) is 0 Å². The Morgan fingerprint density at radius 2 is 2.08 bits per heavy atom. The molecule has 25 heavy (non-hydrogen) atoms. The summed E-state index contributed by atoms with van der Waals surface area (Å²) in [6, 6.07) is 10.5. The molecule has 0 saturated carbocycles. The Kier molecular flexibility index (Phi) is 5.15. The number of hydrogen-bond acceptors (Lipinski definition) is 5. The summed E-state index contributed by atoms with van der Waals surface area (Å²) < 4.78 is 5.30. The van der Waals surface area contributed by atoms with E-state index in [4.69, 9.17) is 10.00 Å². The second-order valence-electron chi connectivity index (χ2n) is 6.00. The van der Waals surface area contributed by atoms with Crippen LogP contribution < -0.4 is 5.32 Å². The molecule has 6 heteroatoms. The SMILES string of the molecule is CC(OC(=O)c1cc2c(s1)CCCC2)C(=O)Nc1cccc(C#N)c1. The van der Waals surface area contributed by atoms with Crippen LogP contribution in [0.15, 0.2) is 30.3 Å². The van der Waals surface area contributed by atoms with Crippen molar-refractivity contribution in [2.45, 2.75) is 38.7 Å². The summed E-state index contributed by atoms with van der Waals surface area (Å²) in [5.41, 5.74) is 2.18. The Labute approximate surface area is 150 Å². The zero-order valence-corrected chi connectivity index (χ0v) is 14.7. The standard InChI is InChI=1S/C19H18N2O3S/c1-12(18(22)21-15-7-4-5-13(9-15)11-20)24-19(23)17-10-14-6-2-3-8-16(14)25-17/h4-5,7,9-10,12H,2-3,6,8H2,1H3,(H,21,22). The fraction of sp³-hybridized carbons (Fsp3) is 0.316. The van der Waals surface area contributed by atoms with Gasteiger partial charge in [-0.05, 0) is 62.4 Å². The molecular formula is C19H18N2O3S. The number of nitriles is 1. The summed E-state index contributed by atoms with van der Waals surface area (Å²) in [5.74, 6) is -0.891. The fourth-order valence-corrected chi connectivity index (χ4v) is 3.91. The third kappa shape index (κ3) is 4.06. The first-order chi connectivity index (χ1) is 12.1. The predicted molar refractivity (Wildman–Crippen MR) is 95.6 cm³/mol. The maximum absolute atomic E-state index is 12.3. The average Bonchev–Trinajstić information content (AvgIpc) is 3.06. The Morgan fingerprint density at radius 3 is 2.84 bits per heavy atom. The highest BCUT2D eigenvalue weighted by atomic mass is 32.1. The van der Waals surface area contributed by atoms with E-state index in [1.54, 1.807) is 24.3 Å². The van der Waals surface area contributed by atoms with Crippen LogP contribution in [0.25, 0.3) is 0 Å². The van der Waals surface area contributed by atoms with Crippen molar-refractivity contribution < 1.29 is 14.3 Å². The molecule has 2 aromatic rings. The molecule has 128 valence electrons. The summed E-state index contributed by atoms with van der Waals surface area (Å²) in [5, 5.41) is 11.5. The van der Waals surface area contributed by atoms with Gasteiger partial charge in [-0.25, -0.2) is 4.79 Å². The maximum atomic E-state index is 12.3. The van der Waals surface area contributed by atoms with Crippen molar-refractivity contribution in [2.75, 3.05) is 5.32 Å². The number of fused-ring (bicyclic) bond motifs is 1. The lowest BCUT2D eigenvalue weighted by molar-refractivity contribution is -0.123. The summed E-state index contributed by atoms with van der Waals surface area (Å²) in [6.45, 7) is 1.54. The van der Waals surface area contributed by atoms with Gasteiger partial charge in [0.15, 0.2) is 6.10 Å². The smallest absolute Gasteiger partial charge is 0.349 e. The van der Waals surface area contributed by atoms with Crippen molar-refractivity contribution in [3.63, 3.8) is 0 Å². The molecule has 1 N–H and O–H groups in total. The summed E-state index contributed by atoms with van der Waals surface area (Å²) in [4.78, 5) is 26.3. The zero-order valence-electron chi connectivity index (χ0n) is 13.9. The molecular weight excluding hydrogens is 336 g/mol. The van der Waals surface area contributed by atoms with E-state index in [9.17, 15) is 9.59 Å². The minimum Gasteiger partial charge on any atom is -0.448 e. The third-order valence-corrected chi connectivity index (χ3v) is 5.33. The van der Waals surface area contributed by atoms with Crippen molar-refractivity contribution in [3.05, 3.63) is 51.2 Å². The largest absolute Gasteiger partial charge is 0.448 e. The van der Waals surface area contributed by atoms with Crippen LogP contribution in [0.2, 0.25) is 0 Å². The van der Waals surface area contributed by atoms with Crippen molar-refractivity contribution >= 4 is 28.9 Å². The van der Waals surface area contributed by atoms with Crippen molar-refractivity contribution in [1.29, 1.82) is 5.26 Å². The number of ether oxygens (including phenoxy) is 1. The molecule has 0 bridgehead atoms. The zero-order chi connectivity index (χ0) is 17.8. The number of anilines is 1. The number of esters is 1. The molecule has 1 amide bonds. The van der Waals surface area contributed by atoms with Gasteiger partial charge in [0.05, 0.1) is 11.6 Å². The first-order valence-electron chi connectivity index (χ1n) is 8.20. The van der Waals surface area contributed by atoms with Gasteiger partial charge in [-0.1, -0.05) is 6.07 Å². The van der Waals surface area contributed by atoms with Crippen LogP contribution in [0.1, 0.15) is 45.4 Å². The maximum Gasteiger partial charge on any atom is 0.349 e. The summed E-state index contributed by atoms with van der Waals surface area (Å²) >= 11 is 1.46. The molecule has 5 nitrogen and oxygen atoms in total. The topological polar surface area (TPSA) is 79.2 Å². The number of rotatable bonds is 4. The van der Waals surface area contributed by atoms with Crippen molar-refractivity contribution in [1.82, 2.24) is 0 Å². The van der Waals surface area contributed by atoms with Crippen molar-refractivity contribution in [2.24, 2.45) is 0 Å². The Morgan fingerprint density at radius 1 is 1.28 bits per heavy atom. The Bertz CT molecular complexity index is 827. The highest BCUT2D eigenvalue weighted by Crippen LogP contribution is 2.30. The van der Waals surface area contributed by atoms with E-state index in [1.807, 2.05) is 12.1 Å². The second kappa shape index (κ2) is 7.49. The number of nitrogens with zero attached hydrogens (tertiary/aromatic N) is 1. The molecule has 1 aliphatic carbocycles. The van der Waals surface area contributed by atoms with Gasteiger partial charge in [0.2, 0.25) is 0 Å². The van der Waals surface area contributed by atoms with Gasteiger partial charge in [0.25, 0.3) is 5.91 Å². The number of nitrogens with one attached hydrogen (secondary N) is 1. The highest BCUT2D eigenvalue weighted by Gasteiger charge is 2.22. The highest BCUT2D eigenvalue weighted by molar-refractivity contribution is 7.14. The monoisotopic (exact) mass is 354 g/mol. The lowest BCUT2D eigenvalue weighted by Crippen LogP contribution is -2.29. The third-order valence-electron chi connectivity index (χ3n) is 4.11. The number of hydrogen-bond donors (Lipinski definition) is 1. The number of aryl methyl sites for hydroxylation is 2. The molecule has 1 aromatic carbocycles. The number of thiophene rings is 1. The van der Waals surface area contributed by atoms with Crippen LogP contribution in [0.4, 0.5) is 5.69 Å². The predicted octanol–water partition coefficient (Wildman–Crippen LogP) is 3.68. The van der Waals surface area contributed by atoms with Crippen molar-refractivity contribution in [3.8, 4) is 6.07 Å². The number of benzene rings is 1. The molecule has 0 radical (unpaired) electrons. The van der Waals surface area contributed by atoms with E-state index in [-0.39, 0.29) is 0 Å². The second-order valence-corrected chi connectivity index (χ2v) is 7.13. The van der Waals surface area contributed by atoms with Crippen LogP contribution in [-0.4, -0.2) is 18.0 Å².